The molecular weight excluding hydrogens is 361 g/mol. The van der Waals surface area contributed by atoms with Crippen LogP contribution in [0.4, 0.5) is 4.39 Å². The summed E-state index contributed by atoms with van der Waals surface area (Å²) < 4.78 is 19.7. The van der Waals surface area contributed by atoms with E-state index < -0.39 is 11.7 Å². The fourth-order valence-corrected chi connectivity index (χ4v) is 3.77. The van der Waals surface area contributed by atoms with Gasteiger partial charge in [-0.3, -0.25) is 14.5 Å². The Morgan fingerprint density at radius 1 is 1.38 bits per heavy atom. The number of amides is 2. The highest BCUT2D eigenvalue weighted by Gasteiger charge is 2.38. The summed E-state index contributed by atoms with van der Waals surface area (Å²) in [5.41, 5.74) is -0.121. The van der Waals surface area contributed by atoms with Crippen LogP contribution in [-0.4, -0.2) is 73.6 Å². The number of carbonyl (C=O) groups excluding carboxylic acids is 2. The Morgan fingerprint density at radius 2 is 2.15 bits per heavy atom. The number of hydrogen-bond acceptors (Lipinski definition) is 4. The summed E-state index contributed by atoms with van der Waals surface area (Å²) in [4.78, 5) is 28.0. The summed E-state index contributed by atoms with van der Waals surface area (Å²) in [6.45, 7) is 1.83. The summed E-state index contributed by atoms with van der Waals surface area (Å²) in [6.07, 6.45) is 0.932. The normalized spacial score (nSPS) is 25.6. The lowest BCUT2D eigenvalue weighted by molar-refractivity contribution is -0.134. The van der Waals surface area contributed by atoms with Gasteiger partial charge >= 0.3 is 0 Å². The van der Waals surface area contributed by atoms with Gasteiger partial charge < -0.3 is 15.0 Å². The molecule has 8 heteroatoms. The van der Waals surface area contributed by atoms with E-state index in [0.29, 0.717) is 26.1 Å². The van der Waals surface area contributed by atoms with E-state index in [0.717, 1.165) is 6.42 Å². The van der Waals surface area contributed by atoms with Crippen molar-refractivity contribution in [2.45, 2.75) is 31.0 Å². The second-order valence-electron chi connectivity index (χ2n) is 7.06. The number of rotatable bonds is 4. The molecule has 2 fully saturated rings. The average molecular weight is 384 g/mol. The molecule has 0 aromatic heterocycles. The number of hydrogen-bond donors (Lipinski definition) is 1. The first-order chi connectivity index (χ1) is 12.3. The van der Waals surface area contributed by atoms with Crippen LogP contribution in [0.2, 0.25) is 5.02 Å². The highest BCUT2D eigenvalue weighted by Crippen LogP contribution is 2.25. The van der Waals surface area contributed by atoms with Gasteiger partial charge in [0.15, 0.2) is 0 Å². The number of benzene rings is 1. The van der Waals surface area contributed by atoms with Crippen LogP contribution in [0.1, 0.15) is 23.2 Å². The first-order valence-corrected chi connectivity index (χ1v) is 9.03. The lowest BCUT2D eigenvalue weighted by Gasteiger charge is -2.35. The van der Waals surface area contributed by atoms with Gasteiger partial charge in [0.25, 0.3) is 5.91 Å². The Bertz CT molecular complexity index is 680. The van der Waals surface area contributed by atoms with E-state index in [1.54, 1.807) is 19.0 Å². The van der Waals surface area contributed by atoms with Gasteiger partial charge in [-0.25, -0.2) is 4.39 Å². The van der Waals surface area contributed by atoms with Crippen molar-refractivity contribution in [2.24, 2.45) is 0 Å². The molecule has 0 radical (unpaired) electrons. The molecule has 3 rings (SSSR count). The van der Waals surface area contributed by atoms with Gasteiger partial charge in [0, 0.05) is 39.3 Å². The molecule has 2 aliphatic rings. The van der Waals surface area contributed by atoms with Crippen molar-refractivity contribution in [1.29, 1.82) is 0 Å². The molecule has 2 saturated heterocycles. The van der Waals surface area contributed by atoms with Crippen LogP contribution >= 0.6 is 11.6 Å². The number of halogens is 2. The van der Waals surface area contributed by atoms with E-state index in [1.165, 1.54) is 18.2 Å². The molecule has 6 nitrogen and oxygen atoms in total. The lowest BCUT2D eigenvalue weighted by atomic mass is 10.1. The summed E-state index contributed by atoms with van der Waals surface area (Å²) >= 11 is 5.96. The predicted octanol–water partition coefficient (Wildman–Crippen LogP) is 1.53. The number of nitrogens with zero attached hydrogens (tertiary/aromatic N) is 2. The molecule has 2 amide bonds. The SMILES string of the molecule is CN(C)C(=O)C[C@H]1CN2C[C@H](NC(=O)c3c(F)cccc3Cl)C[C@H]2CO1. The van der Waals surface area contributed by atoms with Gasteiger partial charge in [-0.05, 0) is 18.6 Å². The van der Waals surface area contributed by atoms with Crippen LogP contribution in [0.15, 0.2) is 18.2 Å². The minimum Gasteiger partial charge on any atom is -0.375 e. The summed E-state index contributed by atoms with van der Waals surface area (Å²) in [7, 11) is 3.45. The molecule has 3 atom stereocenters. The van der Waals surface area contributed by atoms with Gasteiger partial charge in [0.2, 0.25) is 5.91 Å². The molecule has 26 heavy (non-hydrogen) atoms. The Kier molecular flexibility index (Phi) is 5.79. The third-order valence-corrected chi connectivity index (χ3v) is 5.23. The second-order valence-corrected chi connectivity index (χ2v) is 7.47. The van der Waals surface area contributed by atoms with Crippen LogP contribution in [0.25, 0.3) is 0 Å². The fourth-order valence-electron chi connectivity index (χ4n) is 3.52. The van der Waals surface area contributed by atoms with Crippen LogP contribution in [0.5, 0.6) is 0 Å². The zero-order valence-corrected chi connectivity index (χ0v) is 15.6. The zero-order chi connectivity index (χ0) is 18.8. The highest BCUT2D eigenvalue weighted by molar-refractivity contribution is 6.33. The van der Waals surface area contributed by atoms with E-state index in [2.05, 4.69) is 10.2 Å². The fraction of sp³-hybridized carbons (Fsp3) is 0.556. The van der Waals surface area contributed by atoms with Crippen molar-refractivity contribution in [3.63, 3.8) is 0 Å². The number of ether oxygens (including phenoxy) is 1. The zero-order valence-electron chi connectivity index (χ0n) is 14.9. The molecule has 0 aliphatic carbocycles. The monoisotopic (exact) mass is 383 g/mol. The van der Waals surface area contributed by atoms with Crippen LogP contribution in [0, 0.1) is 5.82 Å². The van der Waals surface area contributed by atoms with Crippen LogP contribution < -0.4 is 5.32 Å². The molecule has 0 bridgehead atoms. The summed E-state index contributed by atoms with van der Waals surface area (Å²) in [5.74, 6) is -1.10. The molecule has 1 aromatic carbocycles. The topological polar surface area (TPSA) is 61.9 Å². The van der Waals surface area contributed by atoms with Crippen molar-refractivity contribution in [1.82, 2.24) is 15.1 Å². The van der Waals surface area contributed by atoms with Crippen molar-refractivity contribution in [3.8, 4) is 0 Å². The molecule has 1 N–H and O–H groups in total. The highest BCUT2D eigenvalue weighted by atomic mass is 35.5. The van der Waals surface area contributed by atoms with Crippen molar-refractivity contribution >= 4 is 23.4 Å². The molecule has 142 valence electrons. The Labute approximate surface area is 157 Å². The average Bonchev–Trinajstić information content (AvgIpc) is 2.95. The number of carbonyl (C=O) groups is 2. The van der Waals surface area contributed by atoms with E-state index >= 15 is 0 Å². The van der Waals surface area contributed by atoms with Gasteiger partial charge in [0.1, 0.15) is 5.82 Å². The van der Waals surface area contributed by atoms with E-state index in [4.69, 9.17) is 16.3 Å². The van der Waals surface area contributed by atoms with Crippen molar-refractivity contribution < 1.29 is 18.7 Å². The van der Waals surface area contributed by atoms with Gasteiger partial charge in [-0.2, -0.15) is 0 Å². The number of fused-ring (bicyclic) bond motifs is 1. The predicted molar refractivity (Wildman–Crippen MR) is 95.7 cm³/mol. The number of nitrogens with one attached hydrogen (secondary N) is 1. The molecule has 1 aromatic rings. The standard InChI is InChI=1S/C18H23ClFN3O3/c1-22(2)16(24)7-13-9-23-8-11(6-12(23)10-26-13)21-18(25)17-14(19)4-3-5-15(17)20/h3-5,11-13H,6-10H2,1-2H3,(H,21,25)/t11-,12+,13+/m1/s1. The van der Waals surface area contributed by atoms with Crippen LogP contribution in [0.3, 0.4) is 0 Å². The van der Waals surface area contributed by atoms with Gasteiger partial charge in [-0.15, -0.1) is 0 Å². The quantitative estimate of drug-likeness (QED) is 0.856. The third-order valence-electron chi connectivity index (χ3n) is 4.92. The largest absolute Gasteiger partial charge is 0.375 e. The van der Waals surface area contributed by atoms with Crippen LogP contribution in [-0.2, 0) is 9.53 Å². The first kappa shape index (κ1) is 19.1. The second kappa shape index (κ2) is 7.90. The smallest absolute Gasteiger partial charge is 0.256 e. The molecule has 2 aliphatic heterocycles. The maximum atomic E-state index is 13.9. The molecule has 0 saturated carbocycles. The third kappa shape index (κ3) is 4.16. The van der Waals surface area contributed by atoms with Gasteiger partial charge in [-0.1, -0.05) is 17.7 Å². The van der Waals surface area contributed by atoms with Gasteiger partial charge in [0.05, 0.1) is 29.7 Å². The number of morpholine rings is 1. The molecule has 0 spiro atoms. The minimum atomic E-state index is -0.628. The molecular formula is C18H23ClFN3O3. The minimum absolute atomic E-state index is 0.0340. The maximum Gasteiger partial charge on any atom is 0.256 e. The molecule has 2 heterocycles. The van der Waals surface area contributed by atoms with E-state index in [1.807, 2.05) is 0 Å². The maximum absolute atomic E-state index is 13.9. The summed E-state index contributed by atoms with van der Waals surface area (Å²) in [6, 6.07) is 4.28. The Hall–Kier alpha value is -1.70. The Morgan fingerprint density at radius 3 is 2.85 bits per heavy atom. The summed E-state index contributed by atoms with van der Waals surface area (Å²) in [5, 5.41) is 2.97. The van der Waals surface area contributed by atoms with E-state index in [-0.39, 0.29) is 34.7 Å². The van der Waals surface area contributed by atoms with E-state index in [9.17, 15) is 14.0 Å². The first-order valence-electron chi connectivity index (χ1n) is 8.66. The lowest BCUT2D eigenvalue weighted by Crippen LogP contribution is -2.47. The molecule has 0 unspecified atom stereocenters. The Balaban J connectivity index is 1.57. The van der Waals surface area contributed by atoms with Crippen molar-refractivity contribution in [3.05, 3.63) is 34.6 Å². The van der Waals surface area contributed by atoms with Crippen molar-refractivity contribution in [2.75, 3.05) is 33.8 Å².